The highest BCUT2D eigenvalue weighted by molar-refractivity contribution is 5.01. The lowest BCUT2D eigenvalue weighted by molar-refractivity contribution is 0.541. The molecule has 0 unspecified atom stereocenters. The third-order valence-electron chi connectivity index (χ3n) is 0.485. The van der Waals surface area contributed by atoms with Gasteiger partial charge >= 0.3 is 5.89 Å². The molecule has 1 rings (SSSR count). The van der Waals surface area contributed by atoms with Crippen molar-refractivity contribution in [2.75, 3.05) is 0 Å². The summed E-state index contributed by atoms with van der Waals surface area (Å²) in [5.41, 5.74) is 0. The number of oxazole rings is 1. The number of hydrogen-bond acceptors (Lipinski definition) is 3. The van der Waals surface area contributed by atoms with Gasteiger partial charge in [-0.25, -0.2) is 0 Å². The summed E-state index contributed by atoms with van der Waals surface area (Å²) in [6.07, 6.45) is 3.58. The summed E-state index contributed by atoms with van der Waals surface area (Å²) >= 11 is 0. The van der Waals surface area contributed by atoms with Crippen LogP contribution in [0.1, 0.15) is 5.89 Å². The van der Waals surface area contributed by atoms with Crippen LogP contribution in [0.4, 0.5) is 0 Å². The fourth-order valence-corrected chi connectivity index (χ4v) is 0.245. The van der Waals surface area contributed by atoms with Crippen molar-refractivity contribution in [2.45, 2.75) is 0 Å². The highest BCUT2D eigenvalue weighted by Gasteiger charge is 1.87. The second kappa shape index (κ2) is 1.43. The van der Waals surface area contributed by atoms with Crippen LogP contribution in [0.25, 0.3) is 0 Å². The summed E-state index contributed by atoms with van der Waals surface area (Å²) in [6, 6.07) is 1.70. The van der Waals surface area contributed by atoms with Crippen LogP contribution in [0.3, 0.4) is 0 Å². The molecule has 0 bridgehead atoms. The lowest BCUT2D eigenvalue weighted by Gasteiger charge is -1.63. The van der Waals surface area contributed by atoms with Crippen LogP contribution in [-0.2, 0) is 0 Å². The fraction of sp³-hybridized carbons (Fsp3) is 0. The maximum atomic E-state index is 8.00. The van der Waals surface area contributed by atoms with Gasteiger partial charge in [0.1, 0.15) is 12.5 Å². The van der Waals surface area contributed by atoms with E-state index in [1.807, 2.05) is 0 Å². The van der Waals surface area contributed by atoms with Crippen molar-refractivity contribution < 1.29 is 4.42 Å². The predicted octanol–water partition coefficient (Wildman–Crippen LogP) is 0.346. The van der Waals surface area contributed by atoms with E-state index in [0.29, 0.717) is 0 Å². The Kier molecular flexibility index (Phi) is 0.794. The molecule has 0 spiro atoms. The predicted molar refractivity (Wildman–Crippen MR) is 20.1 cm³/mol. The Morgan fingerprint density at radius 1 is 2.00 bits per heavy atom. The van der Waals surface area contributed by atoms with Crippen LogP contribution in [0.5, 0.6) is 0 Å². The summed E-state index contributed by atoms with van der Waals surface area (Å²) in [7, 11) is 0. The average molecular weight is 93.1 g/mol. The van der Waals surface area contributed by atoms with Gasteiger partial charge in [0.15, 0.2) is 6.07 Å². The van der Waals surface area contributed by atoms with Crippen molar-refractivity contribution in [2.24, 2.45) is 0 Å². The van der Waals surface area contributed by atoms with Gasteiger partial charge in [-0.2, -0.15) is 10.2 Å². The summed E-state index contributed by atoms with van der Waals surface area (Å²) < 4.78 is 4.45. The zero-order chi connectivity index (χ0) is 5.11. The van der Waals surface area contributed by atoms with Gasteiger partial charge in [-0.15, -0.1) is 0 Å². The molecule has 0 saturated carbocycles. The Morgan fingerprint density at radius 2 is 2.86 bits per heavy atom. The summed E-state index contributed by atoms with van der Waals surface area (Å²) in [5.74, 6) is 0.0556. The zero-order valence-corrected chi connectivity index (χ0v) is 3.38. The van der Waals surface area contributed by atoms with Crippen molar-refractivity contribution in [3.05, 3.63) is 18.4 Å². The molecule has 0 aliphatic carbocycles. The maximum Gasteiger partial charge on any atom is 0.301 e. The lowest BCUT2D eigenvalue weighted by atomic mass is 10.8. The van der Waals surface area contributed by atoms with Crippen LogP contribution in [0.15, 0.2) is 10.7 Å². The SMILES string of the molecule is N#Cc1n[c]co1. The molecule has 0 aliphatic rings. The molecule has 33 valence electrons. The first kappa shape index (κ1) is 3.88. The molecular formula is C4HN2O. The molecule has 0 atom stereocenters. The van der Waals surface area contributed by atoms with E-state index in [1.165, 1.54) is 6.26 Å². The molecule has 3 heteroatoms. The van der Waals surface area contributed by atoms with Crippen molar-refractivity contribution >= 4 is 0 Å². The standard InChI is InChI=1S/C4HN2O/c5-3-4-6-1-2-7-4/h2H. The highest BCUT2D eigenvalue weighted by Crippen LogP contribution is 1.86. The van der Waals surface area contributed by atoms with Crippen molar-refractivity contribution in [3.63, 3.8) is 0 Å². The van der Waals surface area contributed by atoms with E-state index in [4.69, 9.17) is 5.26 Å². The quantitative estimate of drug-likeness (QED) is 0.465. The number of nitriles is 1. The molecule has 0 fully saturated rings. The minimum absolute atomic E-state index is 0.0556. The van der Waals surface area contributed by atoms with Crippen LogP contribution in [0.2, 0.25) is 0 Å². The largest absolute Gasteiger partial charge is 0.436 e. The smallest absolute Gasteiger partial charge is 0.301 e. The van der Waals surface area contributed by atoms with Crippen LogP contribution >= 0.6 is 0 Å². The topological polar surface area (TPSA) is 49.8 Å². The normalized spacial score (nSPS) is 7.86. The first-order valence-electron chi connectivity index (χ1n) is 1.65. The van der Waals surface area contributed by atoms with Crippen LogP contribution in [0, 0.1) is 17.5 Å². The van der Waals surface area contributed by atoms with Gasteiger partial charge in [0.05, 0.1) is 0 Å². The Labute approximate surface area is 40.2 Å². The van der Waals surface area contributed by atoms with Crippen molar-refractivity contribution in [3.8, 4) is 6.07 Å². The molecule has 0 N–H and O–H groups in total. The fourth-order valence-electron chi connectivity index (χ4n) is 0.245. The zero-order valence-electron chi connectivity index (χ0n) is 3.38. The van der Waals surface area contributed by atoms with Crippen LogP contribution < -0.4 is 0 Å². The summed E-state index contributed by atoms with van der Waals surface area (Å²) in [4.78, 5) is 3.38. The molecule has 0 aliphatic heterocycles. The molecule has 0 saturated heterocycles. The Balaban J connectivity index is 3.04. The molecule has 1 aromatic heterocycles. The monoisotopic (exact) mass is 93.0 g/mol. The third-order valence-corrected chi connectivity index (χ3v) is 0.485. The van der Waals surface area contributed by atoms with Gasteiger partial charge in [0.2, 0.25) is 0 Å². The van der Waals surface area contributed by atoms with E-state index in [9.17, 15) is 0 Å². The second-order valence-electron chi connectivity index (χ2n) is 0.894. The molecular weight excluding hydrogens is 92.1 g/mol. The Hall–Kier alpha value is -1.30. The lowest BCUT2D eigenvalue weighted by Crippen LogP contribution is -1.64. The molecule has 1 heterocycles. The van der Waals surface area contributed by atoms with E-state index in [1.54, 1.807) is 6.07 Å². The van der Waals surface area contributed by atoms with Gasteiger partial charge in [-0.05, 0) is 0 Å². The average Bonchev–Trinajstić information content (AvgIpc) is 2.14. The first-order chi connectivity index (χ1) is 3.43. The van der Waals surface area contributed by atoms with Gasteiger partial charge in [0.25, 0.3) is 0 Å². The van der Waals surface area contributed by atoms with E-state index in [-0.39, 0.29) is 5.89 Å². The highest BCUT2D eigenvalue weighted by atomic mass is 16.3. The summed E-state index contributed by atoms with van der Waals surface area (Å²) in [5, 5.41) is 8.00. The summed E-state index contributed by atoms with van der Waals surface area (Å²) in [6.45, 7) is 0. The van der Waals surface area contributed by atoms with Gasteiger partial charge in [-0.3, -0.25) is 0 Å². The van der Waals surface area contributed by atoms with E-state index in [2.05, 4.69) is 15.6 Å². The first-order valence-corrected chi connectivity index (χ1v) is 1.65. The molecule has 0 amide bonds. The minimum Gasteiger partial charge on any atom is -0.436 e. The number of hydrogen-bond donors (Lipinski definition) is 0. The molecule has 1 aromatic rings. The van der Waals surface area contributed by atoms with Crippen LogP contribution in [-0.4, -0.2) is 4.98 Å². The van der Waals surface area contributed by atoms with E-state index >= 15 is 0 Å². The number of rotatable bonds is 0. The minimum atomic E-state index is 0.0556. The van der Waals surface area contributed by atoms with E-state index in [0.717, 1.165) is 0 Å². The van der Waals surface area contributed by atoms with Gasteiger partial charge in [-0.1, -0.05) is 0 Å². The van der Waals surface area contributed by atoms with Crippen molar-refractivity contribution in [1.82, 2.24) is 4.98 Å². The maximum absolute atomic E-state index is 8.00. The Morgan fingerprint density at radius 3 is 3.14 bits per heavy atom. The van der Waals surface area contributed by atoms with Crippen molar-refractivity contribution in [1.29, 1.82) is 5.26 Å². The second-order valence-corrected chi connectivity index (χ2v) is 0.894. The Bertz CT molecular complexity index is 172. The third kappa shape index (κ3) is 0.578. The number of nitrogens with zero attached hydrogens (tertiary/aromatic N) is 2. The van der Waals surface area contributed by atoms with Gasteiger partial charge in [0, 0.05) is 0 Å². The molecule has 3 nitrogen and oxygen atoms in total. The molecule has 7 heavy (non-hydrogen) atoms. The van der Waals surface area contributed by atoms with E-state index < -0.39 is 0 Å². The van der Waals surface area contributed by atoms with Gasteiger partial charge < -0.3 is 4.42 Å². The number of aromatic nitrogens is 1. The molecule has 0 aromatic carbocycles. The molecule has 1 radical (unpaired) electrons.